The Hall–Kier alpha value is -0.870. The Labute approximate surface area is 97.6 Å². The molecule has 0 aromatic rings. The Morgan fingerprint density at radius 2 is 1.94 bits per heavy atom. The minimum Gasteiger partial charge on any atom is -0.378 e. The van der Waals surface area contributed by atoms with Gasteiger partial charge < -0.3 is 15.0 Å². The second-order valence-electron chi connectivity index (χ2n) is 4.20. The molecule has 1 aliphatic rings. The molecule has 0 aliphatic carbocycles. The predicted octanol–water partition coefficient (Wildman–Crippen LogP) is 0.791. The quantitative estimate of drug-likeness (QED) is 0.538. The molecule has 0 unspecified atom stereocenters. The Morgan fingerprint density at radius 3 is 2.56 bits per heavy atom. The predicted molar refractivity (Wildman–Crippen MR) is 64.3 cm³/mol. The van der Waals surface area contributed by atoms with Gasteiger partial charge in [-0.25, -0.2) is 0 Å². The molecule has 0 saturated carbocycles. The molecule has 1 rings (SSSR count). The molecule has 1 fully saturated rings. The van der Waals surface area contributed by atoms with E-state index in [-0.39, 0.29) is 5.91 Å². The first-order valence-corrected chi connectivity index (χ1v) is 5.91. The van der Waals surface area contributed by atoms with Crippen LogP contribution in [0.5, 0.6) is 0 Å². The third kappa shape index (κ3) is 5.28. The van der Waals surface area contributed by atoms with E-state index in [1.807, 2.05) is 11.8 Å². The van der Waals surface area contributed by atoms with Gasteiger partial charge in [-0.1, -0.05) is 5.57 Å². The minimum atomic E-state index is 0.228. The fraction of sp³-hybridized carbons (Fsp3) is 0.750. The van der Waals surface area contributed by atoms with Crippen molar-refractivity contribution >= 4 is 5.91 Å². The number of hydrogen-bond acceptors (Lipinski definition) is 3. The maximum atomic E-state index is 11.7. The van der Waals surface area contributed by atoms with Crippen LogP contribution in [0.3, 0.4) is 0 Å². The average molecular weight is 226 g/mol. The lowest BCUT2D eigenvalue weighted by molar-refractivity contribution is -0.135. The zero-order chi connectivity index (χ0) is 11.8. The van der Waals surface area contributed by atoms with E-state index in [2.05, 4.69) is 11.9 Å². The van der Waals surface area contributed by atoms with Gasteiger partial charge in [-0.2, -0.15) is 0 Å². The molecule has 1 amide bonds. The van der Waals surface area contributed by atoms with E-state index in [1.54, 1.807) is 0 Å². The van der Waals surface area contributed by atoms with Crippen molar-refractivity contribution in [3.63, 3.8) is 0 Å². The number of morpholine rings is 1. The number of ether oxygens (including phenoxy) is 1. The molecule has 1 aliphatic heterocycles. The Morgan fingerprint density at radius 1 is 1.31 bits per heavy atom. The Kier molecular flexibility index (Phi) is 6.11. The first-order chi connectivity index (χ1) is 7.70. The normalized spacial score (nSPS) is 16.2. The average Bonchev–Trinajstić information content (AvgIpc) is 2.29. The van der Waals surface area contributed by atoms with Gasteiger partial charge in [0.25, 0.3) is 0 Å². The Bertz CT molecular complexity index is 235. The van der Waals surface area contributed by atoms with E-state index >= 15 is 0 Å². The monoisotopic (exact) mass is 226 g/mol. The SMILES string of the molecule is C=C(C)CCNCCC(=O)N1CCOCC1. The summed E-state index contributed by atoms with van der Waals surface area (Å²) in [7, 11) is 0. The highest BCUT2D eigenvalue weighted by Crippen LogP contribution is 1.99. The number of nitrogens with one attached hydrogen (secondary N) is 1. The fourth-order valence-corrected chi connectivity index (χ4v) is 1.59. The van der Waals surface area contributed by atoms with Crippen molar-refractivity contribution in [2.24, 2.45) is 0 Å². The minimum absolute atomic E-state index is 0.228. The molecular formula is C12H22N2O2. The van der Waals surface area contributed by atoms with Gasteiger partial charge >= 0.3 is 0 Å². The standard InChI is InChI=1S/C12H22N2O2/c1-11(2)3-5-13-6-4-12(15)14-7-9-16-10-8-14/h13H,1,3-10H2,2H3. The third-order valence-electron chi connectivity index (χ3n) is 2.61. The van der Waals surface area contributed by atoms with Crippen molar-refractivity contribution in [1.82, 2.24) is 10.2 Å². The van der Waals surface area contributed by atoms with Crippen LogP contribution in [0.25, 0.3) is 0 Å². The summed E-state index contributed by atoms with van der Waals surface area (Å²) in [6, 6.07) is 0. The fourth-order valence-electron chi connectivity index (χ4n) is 1.59. The lowest BCUT2D eigenvalue weighted by Crippen LogP contribution is -2.41. The zero-order valence-electron chi connectivity index (χ0n) is 10.1. The van der Waals surface area contributed by atoms with Crippen LogP contribution in [0.1, 0.15) is 19.8 Å². The van der Waals surface area contributed by atoms with Crippen LogP contribution in [0.2, 0.25) is 0 Å². The molecule has 0 spiro atoms. The van der Waals surface area contributed by atoms with Crippen LogP contribution in [0.4, 0.5) is 0 Å². The molecule has 1 N–H and O–H groups in total. The topological polar surface area (TPSA) is 41.6 Å². The summed E-state index contributed by atoms with van der Waals surface area (Å²) in [5, 5.41) is 3.25. The molecule has 0 radical (unpaired) electrons. The van der Waals surface area contributed by atoms with Gasteiger partial charge in [-0.05, 0) is 19.9 Å². The van der Waals surface area contributed by atoms with Gasteiger partial charge in [0.15, 0.2) is 0 Å². The van der Waals surface area contributed by atoms with Crippen molar-refractivity contribution in [2.75, 3.05) is 39.4 Å². The first-order valence-electron chi connectivity index (χ1n) is 5.91. The second kappa shape index (κ2) is 7.41. The van der Waals surface area contributed by atoms with Crippen LogP contribution in [0, 0.1) is 0 Å². The molecule has 92 valence electrons. The number of amides is 1. The summed E-state index contributed by atoms with van der Waals surface area (Å²) in [5.74, 6) is 0.228. The van der Waals surface area contributed by atoms with E-state index in [4.69, 9.17) is 4.74 Å². The summed E-state index contributed by atoms with van der Waals surface area (Å²) in [6.07, 6.45) is 1.56. The van der Waals surface area contributed by atoms with Gasteiger partial charge in [-0.3, -0.25) is 4.79 Å². The number of nitrogens with zero attached hydrogens (tertiary/aromatic N) is 1. The second-order valence-corrected chi connectivity index (χ2v) is 4.20. The van der Waals surface area contributed by atoms with Crippen molar-refractivity contribution in [2.45, 2.75) is 19.8 Å². The van der Waals surface area contributed by atoms with Crippen LogP contribution in [-0.4, -0.2) is 50.2 Å². The third-order valence-corrected chi connectivity index (χ3v) is 2.61. The van der Waals surface area contributed by atoms with Crippen molar-refractivity contribution in [3.8, 4) is 0 Å². The largest absolute Gasteiger partial charge is 0.378 e. The molecule has 16 heavy (non-hydrogen) atoms. The van der Waals surface area contributed by atoms with Crippen molar-refractivity contribution < 1.29 is 9.53 Å². The maximum Gasteiger partial charge on any atom is 0.224 e. The van der Waals surface area contributed by atoms with Crippen LogP contribution in [0.15, 0.2) is 12.2 Å². The van der Waals surface area contributed by atoms with Crippen molar-refractivity contribution in [1.29, 1.82) is 0 Å². The van der Waals surface area contributed by atoms with Gasteiger partial charge in [0.2, 0.25) is 5.91 Å². The lowest BCUT2D eigenvalue weighted by atomic mass is 10.2. The van der Waals surface area contributed by atoms with Crippen LogP contribution in [-0.2, 0) is 9.53 Å². The molecule has 0 aromatic heterocycles. The summed E-state index contributed by atoms with van der Waals surface area (Å²) >= 11 is 0. The lowest BCUT2D eigenvalue weighted by Gasteiger charge is -2.26. The molecule has 0 aromatic carbocycles. The van der Waals surface area contributed by atoms with Crippen molar-refractivity contribution in [3.05, 3.63) is 12.2 Å². The summed E-state index contributed by atoms with van der Waals surface area (Å²) in [4.78, 5) is 13.6. The molecule has 1 heterocycles. The first kappa shape index (κ1) is 13.2. The van der Waals surface area contributed by atoms with Gasteiger partial charge in [-0.15, -0.1) is 6.58 Å². The molecular weight excluding hydrogens is 204 g/mol. The van der Waals surface area contributed by atoms with E-state index in [9.17, 15) is 4.79 Å². The van der Waals surface area contributed by atoms with E-state index in [1.165, 1.54) is 5.57 Å². The summed E-state index contributed by atoms with van der Waals surface area (Å²) < 4.78 is 5.20. The maximum absolute atomic E-state index is 11.7. The molecule has 4 nitrogen and oxygen atoms in total. The molecule has 4 heteroatoms. The Balaban J connectivity index is 2.03. The number of rotatable bonds is 6. The molecule has 1 saturated heterocycles. The zero-order valence-corrected chi connectivity index (χ0v) is 10.1. The van der Waals surface area contributed by atoms with Crippen LogP contribution >= 0.6 is 0 Å². The van der Waals surface area contributed by atoms with E-state index < -0.39 is 0 Å². The van der Waals surface area contributed by atoms with Crippen LogP contribution < -0.4 is 5.32 Å². The van der Waals surface area contributed by atoms with Gasteiger partial charge in [0.05, 0.1) is 13.2 Å². The number of hydrogen-bond donors (Lipinski definition) is 1. The van der Waals surface area contributed by atoms with Gasteiger partial charge in [0, 0.05) is 26.1 Å². The summed E-state index contributed by atoms with van der Waals surface area (Å²) in [5.41, 5.74) is 1.17. The smallest absolute Gasteiger partial charge is 0.224 e. The summed E-state index contributed by atoms with van der Waals surface area (Å²) in [6.45, 7) is 10.3. The highest BCUT2D eigenvalue weighted by molar-refractivity contribution is 5.76. The number of carbonyl (C=O) groups excluding carboxylic acids is 1. The van der Waals surface area contributed by atoms with E-state index in [0.29, 0.717) is 19.6 Å². The molecule has 0 atom stereocenters. The number of carbonyl (C=O) groups is 1. The van der Waals surface area contributed by atoms with E-state index in [0.717, 1.165) is 32.6 Å². The highest BCUT2D eigenvalue weighted by Gasteiger charge is 2.15. The highest BCUT2D eigenvalue weighted by atomic mass is 16.5. The molecule has 0 bridgehead atoms. The van der Waals surface area contributed by atoms with Gasteiger partial charge in [0.1, 0.15) is 0 Å².